The van der Waals surface area contributed by atoms with Gasteiger partial charge in [0.25, 0.3) is 0 Å². The molecule has 1 heteroatoms. The molecule has 1 aromatic heterocycles. The lowest BCUT2D eigenvalue weighted by molar-refractivity contribution is 0.563. The Kier molecular flexibility index (Phi) is 4.98. The molecule has 0 unspecified atom stereocenters. The fourth-order valence-electron chi connectivity index (χ4n) is 1.77. The molecular formula is C15H25N. The molecule has 0 N–H and O–H groups in total. The zero-order valence-electron chi connectivity index (χ0n) is 11.2. The molecule has 0 aliphatic rings. The van der Waals surface area contributed by atoms with Crippen molar-refractivity contribution in [2.24, 2.45) is 0 Å². The fourth-order valence-corrected chi connectivity index (χ4v) is 1.77. The second kappa shape index (κ2) is 6.03. The topological polar surface area (TPSA) is 12.9 Å². The van der Waals surface area contributed by atoms with Crippen molar-refractivity contribution in [2.45, 2.75) is 65.2 Å². The molecule has 0 saturated heterocycles. The smallest absolute Gasteiger partial charge is 0.0460 e. The van der Waals surface area contributed by atoms with Gasteiger partial charge in [-0.3, -0.25) is 4.98 Å². The van der Waals surface area contributed by atoms with E-state index in [0.717, 1.165) is 6.42 Å². The van der Waals surface area contributed by atoms with E-state index >= 15 is 0 Å². The normalized spacial score (nSPS) is 11.8. The monoisotopic (exact) mass is 219 g/mol. The summed E-state index contributed by atoms with van der Waals surface area (Å²) in [7, 11) is 0. The van der Waals surface area contributed by atoms with Crippen molar-refractivity contribution in [2.75, 3.05) is 0 Å². The van der Waals surface area contributed by atoms with Gasteiger partial charge in [-0.25, -0.2) is 0 Å². The van der Waals surface area contributed by atoms with Crippen molar-refractivity contribution < 1.29 is 0 Å². The Morgan fingerprint density at radius 3 is 2.44 bits per heavy atom. The summed E-state index contributed by atoms with van der Waals surface area (Å²) in [5, 5.41) is 0. The first-order valence-electron chi connectivity index (χ1n) is 6.50. The third-order valence-corrected chi connectivity index (χ3v) is 2.86. The van der Waals surface area contributed by atoms with Gasteiger partial charge < -0.3 is 0 Å². The lowest BCUT2D eigenvalue weighted by atomic mass is 9.91. The Morgan fingerprint density at radius 1 is 1.06 bits per heavy atom. The Bertz CT molecular complexity index is 309. The lowest BCUT2D eigenvalue weighted by Crippen LogP contribution is -2.14. The predicted molar refractivity (Wildman–Crippen MR) is 70.8 cm³/mol. The molecule has 0 amide bonds. The van der Waals surface area contributed by atoms with Crippen LogP contribution in [0.5, 0.6) is 0 Å². The first-order chi connectivity index (χ1) is 7.54. The molecule has 0 spiro atoms. The van der Waals surface area contributed by atoms with Gasteiger partial charge in [-0.05, 0) is 25.0 Å². The quantitative estimate of drug-likeness (QED) is 0.664. The highest BCUT2D eigenvalue weighted by Gasteiger charge is 2.15. The van der Waals surface area contributed by atoms with Crippen LogP contribution in [0.1, 0.15) is 64.8 Å². The van der Waals surface area contributed by atoms with E-state index in [0.29, 0.717) is 0 Å². The zero-order chi connectivity index (χ0) is 12.0. The Balaban J connectivity index is 2.54. The van der Waals surface area contributed by atoms with Crippen LogP contribution in [-0.2, 0) is 11.8 Å². The first-order valence-corrected chi connectivity index (χ1v) is 6.50. The van der Waals surface area contributed by atoms with Crippen LogP contribution in [0.25, 0.3) is 0 Å². The summed E-state index contributed by atoms with van der Waals surface area (Å²) in [6, 6.07) is 6.43. The van der Waals surface area contributed by atoms with E-state index in [9.17, 15) is 0 Å². The number of hydrogen-bond acceptors (Lipinski definition) is 1. The predicted octanol–water partition coefficient (Wildman–Crippen LogP) is 4.50. The third-order valence-electron chi connectivity index (χ3n) is 2.86. The van der Waals surface area contributed by atoms with Crippen molar-refractivity contribution in [3.05, 3.63) is 29.6 Å². The van der Waals surface area contributed by atoms with Gasteiger partial charge in [0.2, 0.25) is 0 Å². The van der Waals surface area contributed by atoms with Gasteiger partial charge in [-0.2, -0.15) is 0 Å². The van der Waals surface area contributed by atoms with Gasteiger partial charge in [0, 0.05) is 16.8 Å². The van der Waals surface area contributed by atoms with Crippen molar-refractivity contribution in [1.82, 2.24) is 4.98 Å². The second-order valence-electron chi connectivity index (χ2n) is 5.57. The van der Waals surface area contributed by atoms with Crippen LogP contribution in [0.4, 0.5) is 0 Å². The summed E-state index contributed by atoms with van der Waals surface area (Å²) >= 11 is 0. The van der Waals surface area contributed by atoms with E-state index in [2.05, 4.69) is 45.9 Å². The SMILES string of the molecule is CCCCCCc1cccc(C(C)(C)C)n1. The second-order valence-corrected chi connectivity index (χ2v) is 5.57. The van der Waals surface area contributed by atoms with Crippen molar-refractivity contribution in [3.8, 4) is 0 Å². The maximum atomic E-state index is 4.74. The number of hydrogen-bond donors (Lipinski definition) is 0. The van der Waals surface area contributed by atoms with E-state index < -0.39 is 0 Å². The molecule has 0 aliphatic carbocycles. The van der Waals surface area contributed by atoms with Crippen LogP contribution in [0.15, 0.2) is 18.2 Å². The van der Waals surface area contributed by atoms with Gasteiger partial charge in [0.1, 0.15) is 0 Å². The minimum absolute atomic E-state index is 0.166. The van der Waals surface area contributed by atoms with Crippen LogP contribution in [0, 0.1) is 0 Å². The summed E-state index contributed by atoms with van der Waals surface area (Å²) in [5.74, 6) is 0. The molecule has 0 aromatic carbocycles. The standard InChI is InChI=1S/C15H25N/c1-5-6-7-8-10-13-11-9-12-14(16-13)15(2,3)4/h9,11-12H,5-8,10H2,1-4H3. The molecule has 1 heterocycles. The summed E-state index contributed by atoms with van der Waals surface area (Å²) in [6.45, 7) is 8.90. The Hall–Kier alpha value is -0.850. The minimum Gasteiger partial charge on any atom is -0.257 e. The molecule has 0 aliphatic heterocycles. The Labute approximate surface area is 100 Å². The van der Waals surface area contributed by atoms with E-state index in [-0.39, 0.29) is 5.41 Å². The van der Waals surface area contributed by atoms with Gasteiger partial charge in [0.15, 0.2) is 0 Å². The molecule has 1 aromatic rings. The average molecular weight is 219 g/mol. The number of nitrogens with zero attached hydrogens (tertiary/aromatic N) is 1. The number of aromatic nitrogens is 1. The molecule has 0 radical (unpaired) electrons. The fraction of sp³-hybridized carbons (Fsp3) is 0.667. The van der Waals surface area contributed by atoms with Crippen molar-refractivity contribution >= 4 is 0 Å². The minimum atomic E-state index is 0.166. The zero-order valence-corrected chi connectivity index (χ0v) is 11.2. The summed E-state index contributed by atoms with van der Waals surface area (Å²) in [4.78, 5) is 4.74. The molecule has 1 nitrogen and oxygen atoms in total. The third kappa shape index (κ3) is 4.34. The molecule has 90 valence electrons. The molecule has 1 rings (SSSR count). The highest BCUT2D eigenvalue weighted by molar-refractivity contribution is 5.17. The van der Waals surface area contributed by atoms with Crippen LogP contribution in [-0.4, -0.2) is 4.98 Å². The maximum Gasteiger partial charge on any atom is 0.0460 e. The number of rotatable bonds is 5. The van der Waals surface area contributed by atoms with E-state index in [1.807, 2.05) is 0 Å². The summed E-state index contributed by atoms with van der Waals surface area (Å²) < 4.78 is 0. The average Bonchev–Trinajstić information content (AvgIpc) is 2.24. The Morgan fingerprint density at radius 2 is 1.81 bits per heavy atom. The van der Waals surface area contributed by atoms with E-state index in [1.54, 1.807) is 0 Å². The van der Waals surface area contributed by atoms with Crippen molar-refractivity contribution in [1.29, 1.82) is 0 Å². The van der Waals surface area contributed by atoms with Crippen LogP contribution in [0.2, 0.25) is 0 Å². The van der Waals surface area contributed by atoms with Crippen LogP contribution < -0.4 is 0 Å². The molecule has 0 atom stereocenters. The number of unbranched alkanes of at least 4 members (excludes halogenated alkanes) is 3. The van der Waals surface area contributed by atoms with Gasteiger partial charge >= 0.3 is 0 Å². The number of pyridine rings is 1. The first kappa shape index (κ1) is 13.2. The molecule has 0 fully saturated rings. The molecular weight excluding hydrogens is 194 g/mol. The molecule has 0 bridgehead atoms. The highest BCUT2D eigenvalue weighted by Crippen LogP contribution is 2.20. The van der Waals surface area contributed by atoms with Gasteiger partial charge in [-0.1, -0.05) is 53.0 Å². The van der Waals surface area contributed by atoms with Gasteiger partial charge in [-0.15, -0.1) is 0 Å². The number of aryl methyl sites for hydroxylation is 1. The van der Waals surface area contributed by atoms with Crippen molar-refractivity contribution in [3.63, 3.8) is 0 Å². The van der Waals surface area contributed by atoms with E-state index in [4.69, 9.17) is 4.98 Å². The molecule has 16 heavy (non-hydrogen) atoms. The summed E-state index contributed by atoms with van der Waals surface area (Å²) in [6.07, 6.45) is 6.38. The van der Waals surface area contributed by atoms with Gasteiger partial charge in [0.05, 0.1) is 0 Å². The van der Waals surface area contributed by atoms with E-state index in [1.165, 1.54) is 37.1 Å². The summed E-state index contributed by atoms with van der Waals surface area (Å²) in [5.41, 5.74) is 2.63. The lowest BCUT2D eigenvalue weighted by Gasteiger charge is -2.18. The van der Waals surface area contributed by atoms with Crippen LogP contribution >= 0.6 is 0 Å². The van der Waals surface area contributed by atoms with Crippen LogP contribution in [0.3, 0.4) is 0 Å². The maximum absolute atomic E-state index is 4.74. The largest absolute Gasteiger partial charge is 0.257 e. The highest BCUT2D eigenvalue weighted by atomic mass is 14.7. The molecule has 0 saturated carbocycles.